The van der Waals surface area contributed by atoms with Crippen LogP contribution in [-0.4, -0.2) is 30.6 Å². The lowest BCUT2D eigenvalue weighted by atomic mass is 10.1. The Kier molecular flexibility index (Phi) is 3.19. The Hall–Kier alpha value is -2.67. The molecule has 0 aliphatic heterocycles. The van der Waals surface area contributed by atoms with Crippen LogP contribution in [0.4, 0.5) is 5.95 Å². The van der Waals surface area contributed by atoms with Gasteiger partial charge < -0.3 is 15.4 Å². The van der Waals surface area contributed by atoms with Gasteiger partial charge in [-0.25, -0.2) is 9.78 Å². The fraction of sp³-hybridized carbons (Fsp3) is 0.0769. The van der Waals surface area contributed by atoms with Crippen LogP contribution in [0, 0.1) is 0 Å². The van der Waals surface area contributed by atoms with Crippen LogP contribution in [0.15, 0.2) is 30.6 Å². The van der Waals surface area contributed by atoms with Gasteiger partial charge >= 0.3 is 5.97 Å². The highest BCUT2D eigenvalue weighted by Crippen LogP contribution is 2.20. The van der Waals surface area contributed by atoms with Crippen molar-refractivity contribution in [2.75, 3.05) is 5.73 Å². The number of nitrogens with zero attached hydrogens (tertiary/aromatic N) is 4. The molecule has 0 saturated carbocycles. The quantitative estimate of drug-likeness (QED) is 0.715. The zero-order valence-electron chi connectivity index (χ0n) is 10.7. The second-order valence-corrected chi connectivity index (χ2v) is 4.78. The van der Waals surface area contributed by atoms with Crippen molar-refractivity contribution in [2.45, 2.75) is 6.54 Å². The largest absolute Gasteiger partial charge is 0.478 e. The lowest BCUT2D eigenvalue weighted by Gasteiger charge is -2.05. The smallest absolute Gasteiger partial charge is 0.335 e. The summed E-state index contributed by atoms with van der Waals surface area (Å²) in [7, 11) is 0. The van der Waals surface area contributed by atoms with Crippen molar-refractivity contribution in [3.8, 4) is 0 Å². The molecule has 3 aromatic rings. The standard InChI is InChI=1S/C13H10ClN5O2/c14-10-9-11(18-13(15)17-10)19(6-16-9)5-7-1-3-8(4-2-7)12(20)21/h1-4,6H,5H2,(H,20,21)(H2,15,17,18). The molecule has 0 aliphatic carbocycles. The number of hydrogen-bond donors (Lipinski definition) is 2. The van der Waals surface area contributed by atoms with Gasteiger partial charge in [0, 0.05) is 0 Å². The molecule has 0 amide bonds. The number of halogens is 1. The van der Waals surface area contributed by atoms with Crippen molar-refractivity contribution in [1.82, 2.24) is 19.5 Å². The third-order valence-corrected chi connectivity index (χ3v) is 3.26. The van der Waals surface area contributed by atoms with Crippen molar-refractivity contribution in [3.05, 3.63) is 46.9 Å². The summed E-state index contributed by atoms with van der Waals surface area (Å²) in [5, 5.41) is 9.08. The van der Waals surface area contributed by atoms with Crippen LogP contribution in [-0.2, 0) is 6.54 Å². The second kappa shape index (κ2) is 5.02. The Morgan fingerprint density at radius 2 is 2.00 bits per heavy atom. The molecule has 0 atom stereocenters. The molecule has 0 fully saturated rings. The summed E-state index contributed by atoms with van der Waals surface area (Å²) >= 11 is 5.96. The van der Waals surface area contributed by atoms with E-state index in [1.807, 2.05) is 0 Å². The summed E-state index contributed by atoms with van der Waals surface area (Å²) < 4.78 is 1.77. The molecule has 3 rings (SSSR count). The van der Waals surface area contributed by atoms with E-state index in [0.29, 0.717) is 17.7 Å². The van der Waals surface area contributed by atoms with Crippen molar-refractivity contribution in [3.63, 3.8) is 0 Å². The maximum Gasteiger partial charge on any atom is 0.335 e. The number of rotatable bonds is 3. The molecular formula is C13H10ClN5O2. The minimum absolute atomic E-state index is 0.0791. The Labute approximate surface area is 124 Å². The second-order valence-electron chi connectivity index (χ2n) is 4.42. The average Bonchev–Trinajstić information content (AvgIpc) is 2.83. The van der Waals surface area contributed by atoms with Gasteiger partial charge in [-0.05, 0) is 17.7 Å². The van der Waals surface area contributed by atoms with E-state index in [0.717, 1.165) is 5.56 Å². The Morgan fingerprint density at radius 1 is 1.29 bits per heavy atom. The van der Waals surface area contributed by atoms with Gasteiger partial charge in [0.1, 0.15) is 5.52 Å². The third-order valence-electron chi connectivity index (χ3n) is 2.99. The summed E-state index contributed by atoms with van der Waals surface area (Å²) in [6, 6.07) is 6.57. The van der Waals surface area contributed by atoms with Crippen LogP contribution in [0.25, 0.3) is 11.2 Å². The molecule has 21 heavy (non-hydrogen) atoms. The van der Waals surface area contributed by atoms with Crippen LogP contribution in [0.2, 0.25) is 5.15 Å². The van der Waals surface area contributed by atoms with E-state index in [9.17, 15) is 4.79 Å². The minimum atomic E-state index is -0.957. The molecule has 2 heterocycles. The predicted molar refractivity (Wildman–Crippen MR) is 77.2 cm³/mol. The fourth-order valence-electron chi connectivity index (χ4n) is 1.99. The molecular weight excluding hydrogens is 294 g/mol. The molecule has 0 radical (unpaired) electrons. The van der Waals surface area contributed by atoms with Gasteiger partial charge in [0.25, 0.3) is 0 Å². The number of aromatic nitrogens is 4. The van der Waals surface area contributed by atoms with E-state index in [4.69, 9.17) is 22.4 Å². The Balaban J connectivity index is 1.96. The van der Waals surface area contributed by atoms with Gasteiger partial charge in [0.2, 0.25) is 5.95 Å². The number of carboxylic acid groups (broad SMARTS) is 1. The number of fused-ring (bicyclic) bond motifs is 1. The van der Waals surface area contributed by atoms with Crippen LogP contribution < -0.4 is 5.73 Å². The van der Waals surface area contributed by atoms with Gasteiger partial charge in [0.05, 0.1) is 18.4 Å². The highest BCUT2D eigenvalue weighted by Gasteiger charge is 2.11. The molecule has 0 unspecified atom stereocenters. The van der Waals surface area contributed by atoms with Crippen LogP contribution >= 0.6 is 11.6 Å². The van der Waals surface area contributed by atoms with Gasteiger partial charge in [-0.2, -0.15) is 9.97 Å². The Bertz CT molecular complexity index is 828. The fourth-order valence-corrected chi connectivity index (χ4v) is 2.21. The van der Waals surface area contributed by atoms with Crippen LogP contribution in [0.3, 0.4) is 0 Å². The monoisotopic (exact) mass is 303 g/mol. The van der Waals surface area contributed by atoms with E-state index in [1.54, 1.807) is 35.2 Å². The zero-order valence-corrected chi connectivity index (χ0v) is 11.4. The van der Waals surface area contributed by atoms with E-state index in [1.165, 1.54) is 0 Å². The van der Waals surface area contributed by atoms with Crippen LogP contribution in [0.1, 0.15) is 15.9 Å². The minimum Gasteiger partial charge on any atom is -0.478 e. The number of nitrogens with two attached hydrogens (primary N) is 1. The number of benzene rings is 1. The number of nitrogen functional groups attached to an aromatic ring is 1. The molecule has 106 valence electrons. The average molecular weight is 304 g/mol. The SMILES string of the molecule is Nc1nc(Cl)c2ncn(Cc3ccc(C(=O)O)cc3)c2n1. The Morgan fingerprint density at radius 3 is 2.67 bits per heavy atom. The summed E-state index contributed by atoms with van der Waals surface area (Å²) in [5.74, 6) is -0.877. The first-order chi connectivity index (χ1) is 10.0. The molecule has 8 heteroatoms. The molecule has 0 bridgehead atoms. The predicted octanol–water partition coefficient (Wildman–Crippen LogP) is 1.81. The van der Waals surface area contributed by atoms with Crippen molar-refractivity contribution in [1.29, 1.82) is 0 Å². The van der Waals surface area contributed by atoms with Crippen molar-refractivity contribution >= 4 is 34.7 Å². The summed E-state index contributed by atoms with van der Waals surface area (Å²) in [5.41, 5.74) is 7.75. The summed E-state index contributed by atoms with van der Waals surface area (Å²) in [4.78, 5) is 22.9. The zero-order chi connectivity index (χ0) is 15.0. The van der Waals surface area contributed by atoms with E-state index in [2.05, 4.69) is 15.0 Å². The first-order valence-corrected chi connectivity index (χ1v) is 6.38. The number of hydrogen-bond acceptors (Lipinski definition) is 5. The van der Waals surface area contributed by atoms with Crippen LogP contribution in [0.5, 0.6) is 0 Å². The lowest BCUT2D eigenvalue weighted by Crippen LogP contribution is -2.03. The normalized spacial score (nSPS) is 10.9. The number of imidazole rings is 1. The first kappa shape index (κ1) is 13.3. The van der Waals surface area contributed by atoms with Gasteiger partial charge in [-0.3, -0.25) is 0 Å². The highest BCUT2D eigenvalue weighted by atomic mass is 35.5. The molecule has 2 aromatic heterocycles. The number of anilines is 1. The van der Waals surface area contributed by atoms with E-state index >= 15 is 0 Å². The van der Waals surface area contributed by atoms with Crippen molar-refractivity contribution < 1.29 is 9.90 Å². The molecule has 0 spiro atoms. The molecule has 0 saturated heterocycles. The van der Waals surface area contributed by atoms with Gasteiger partial charge in [-0.15, -0.1) is 0 Å². The number of carbonyl (C=O) groups is 1. The topological polar surface area (TPSA) is 107 Å². The van der Waals surface area contributed by atoms with Gasteiger partial charge in [-0.1, -0.05) is 23.7 Å². The summed E-state index contributed by atoms with van der Waals surface area (Å²) in [6.45, 7) is 0.475. The van der Waals surface area contributed by atoms with Gasteiger partial charge in [0.15, 0.2) is 10.8 Å². The van der Waals surface area contributed by atoms with Crippen molar-refractivity contribution in [2.24, 2.45) is 0 Å². The highest BCUT2D eigenvalue weighted by molar-refractivity contribution is 6.33. The number of aromatic carboxylic acids is 1. The number of carboxylic acids is 1. The third kappa shape index (κ3) is 2.50. The first-order valence-electron chi connectivity index (χ1n) is 6.00. The summed E-state index contributed by atoms with van der Waals surface area (Å²) in [6.07, 6.45) is 1.59. The molecule has 3 N–H and O–H groups in total. The molecule has 1 aromatic carbocycles. The molecule has 0 aliphatic rings. The maximum absolute atomic E-state index is 10.8. The van der Waals surface area contributed by atoms with E-state index in [-0.39, 0.29) is 16.7 Å². The van der Waals surface area contributed by atoms with E-state index < -0.39 is 5.97 Å². The molecule has 7 nitrogen and oxygen atoms in total. The maximum atomic E-state index is 10.8. The lowest BCUT2D eigenvalue weighted by molar-refractivity contribution is 0.0697.